The third kappa shape index (κ3) is 4.43. The Morgan fingerprint density at radius 3 is 3.04 bits per heavy atom. The quantitative estimate of drug-likeness (QED) is 0.712. The van der Waals surface area contributed by atoms with E-state index in [2.05, 4.69) is 10.7 Å². The third-order valence-electron chi connectivity index (χ3n) is 3.68. The van der Waals surface area contributed by atoms with Crippen LogP contribution in [0.25, 0.3) is 10.6 Å². The largest absolute Gasteiger partial charge is 0.454 e. The number of nitrogens with zero attached hydrogens (tertiary/aromatic N) is 1. The summed E-state index contributed by atoms with van der Waals surface area (Å²) in [6.45, 7) is 2.98. The van der Waals surface area contributed by atoms with Crippen LogP contribution in [0.3, 0.4) is 0 Å². The highest BCUT2D eigenvalue weighted by Gasteiger charge is 2.15. The van der Waals surface area contributed by atoms with Gasteiger partial charge in [0.25, 0.3) is 0 Å². The molecule has 0 fully saturated rings. The van der Waals surface area contributed by atoms with E-state index >= 15 is 0 Å². The zero-order valence-electron chi connectivity index (χ0n) is 13.3. The molecule has 1 aliphatic rings. The maximum Gasteiger partial charge on any atom is 0.231 e. The molecule has 0 aliphatic carbocycles. The van der Waals surface area contributed by atoms with Crippen LogP contribution < -0.4 is 14.8 Å². The molecule has 3 rings (SSSR count). The lowest BCUT2D eigenvalue weighted by Gasteiger charge is -2.03. The predicted octanol–water partition coefficient (Wildman–Crippen LogP) is 3.45. The highest BCUT2D eigenvalue weighted by Crippen LogP contribution is 2.36. The first kappa shape index (κ1) is 16.2. The molecule has 0 atom stereocenters. The van der Waals surface area contributed by atoms with E-state index in [0.29, 0.717) is 6.79 Å². The van der Waals surface area contributed by atoms with Gasteiger partial charge in [0.2, 0.25) is 6.79 Å². The van der Waals surface area contributed by atoms with Gasteiger partial charge in [0, 0.05) is 31.2 Å². The van der Waals surface area contributed by atoms with Crippen molar-refractivity contribution >= 4 is 11.3 Å². The van der Waals surface area contributed by atoms with Gasteiger partial charge in [-0.25, -0.2) is 4.98 Å². The number of unbranched alkanes of at least 4 members (excludes halogenated alkanes) is 2. The van der Waals surface area contributed by atoms with E-state index in [1.807, 2.05) is 18.2 Å². The fraction of sp³-hybridized carbons (Fsp3) is 0.471. The summed E-state index contributed by atoms with van der Waals surface area (Å²) < 4.78 is 15.8. The van der Waals surface area contributed by atoms with Crippen LogP contribution in [-0.4, -0.2) is 32.0 Å². The normalized spacial score (nSPS) is 12.7. The highest BCUT2D eigenvalue weighted by molar-refractivity contribution is 7.13. The standard InChI is InChI=1S/C17H22N2O3S/c1-20-8-4-2-3-7-18-10-14-11-23-17(19-14)13-5-6-15-16(9-13)22-12-21-15/h5-6,9,11,18H,2-4,7-8,10,12H2,1H3. The molecule has 124 valence electrons. The molecule has 0 saturated carbocycles. The van der Waals surface area contributed by atoms with Crippen molar-refractivity contribution in [2.75, 3.05) is 27.1 Å². The number of nitrogens with one attached hydrogen (secondary N) is 1. The Hall–Kier alpha value is -1.63. The van der Waals surface area contributed by atoms with Crippen molar-refractivity contribution < 1.29 is 14.2 Å². The molecular weight excluding hydrogens is 312 g/mol. The van der Waals surface area contributed by atoms with Gasteiger partial charge in [-0.05, 0) is 44.0 Å². The van der Waals surface area contributed by atoms with E-state index in [-0.39, 0.29) is 0 Å². The Kier molecular flexibility index (Phi) is 5.85. The molecule has 0 amide bonds. The average molecular weight is 334 g/mol. The molecule has 1 aliphatic heterocycles. The molecule has 1 aromatic carbocycles. The smallest absolute Gasteiger partial charge is 0.231 e. The van der Waals surface area contributed by atoms with Gasteiger partial charge in [-0.15, -0.1) is 11.3 Å². The maximum atomic E-state index is 5.42. The summed E-state index contributed by atoms with van der Waals surface area (Å²) in [6.07, 6.45) is 3.49. The molecule has 1 aromatic heterocycles. The number of hydrogen-bond donors (Lipinski definition) is 1. The predicted molar refractivity (Wildman–Crippen MR) is 91.1 cm³/mol. The average Bonchev–Trinajstić information content (AvgIpc) is 3.22. The van der Waals surface area contributed by atoms with Gasteiger partial charge in [0.1, 0.15) is 5.01 Å². The monoisotopic (exact) mass is 334 g/mol. The Morgan fingerprint density at radius 2 is 2.13 bits per heavy atom. The van der Waals surface area contributed by atoms with Crippen molar-refractivity contribution in [2.45, 2.75) is 25.8 Å². The van der Waals surface area contributed by atoms with Crippen LogP contribution in [-0.2, 0) is 11.3 Å². The number of hydrogen-bond acceptors (Lipinski definition) is 6. The minimum absolute atomic E-state index is 0.302. The Labute approximate surface area is 140 Å². The molecular formula is C17H22N2O3S. The first-order valence-corrected chi connectivity index (χ1v) is 8.79. The summed E-state index contributed by atoms with van der Waals surface area (Å²) in [6, 6.07) is 5.96. The molecule has 0 bridgehead atoms. The van der Waals surface area contributed by atoms with Crippen LogP contribution in [0.15, 0.2) is 23.6 Å². The summed E-state index contributed by atoms with van der Waals surface area (Å²) in [5.41, 5.74) is 2.16. The molecule has 1 N–H and O–H groups in total. The van der Waals surface area contributed by atoms with Gasteiger partial charge in [0.15, 0.2) is 11.5 Å². The Balaban J connectivity index is 1.47. The lowest BCUT2D eigenvalue weighted by atomic mass is 10.2. The Morgan fingerprint density at radius 1 is 1.22 bits per heavy atom. The van der Waals surface area contributed by atoms with E-state index in [9.17, 15) is 0 Å². The number of benzene rings is 1. The van der Waals surface area contributed by atoms with Crippen LogP contribution in [0.4, 0.5) is 0 Å². The third-order valence-corrected chi connectivity index (χ3v) is 4.62. The van der Waals surface area contributed by atoms with Gasteiger partial charge in [-0.3, -0.25) is 0 Å². The van der Waals surface area contributed by atoms with E-state index in [1.165, 1.54) is 12.8 Å². The molecule has 5 nitrogen and oxygen atoms in total. The molecule has 0 saturated heterocycles. The second-order valence-corrected chi connectivity index (χ2v) is 6.30. The molecule has 6 heteroatoms. The van der Waals surface area contributed by atoms with Crippen molar-refractivity contribution in [3.8, 4) is 22.1 Å². The fourth-order valence-electron chi connectivity index (χ4n) is 2.44. The highest BCUT2D eigenvalue weighted by atomic mass is 32.1. The second-order valence-electron chi connectivity index (χ2n) is 5.44. The first-order valence-electron chi connectivity index (χ1n) is 7.91. The van der Waals surface area contributed by atoms with E-state index in [1.54, 1.807) is 18.4 Å². The second kappa shape index (κ2) is 8.29. The number of thiazole rings is 1. The van der Waals surface area contributed by atoms with Gasteiger partial charge >= 0.3 is 0 Å². The number of ether oxygens (including phenoxy) is 3. The SMILES string of the molecule is COCCCCCNCc1csc(-c2ccc3c(c2)OCO3)n1. The summed E-state index contributed by atoms with van der Waals surface area (Å²) in [7, 11) is 1.75. The summed E-state index contributed by atoms with van der Waals surface area (Å²) in [4.78, 5) is 4.69. The lowest BCUT2D eigenvalue weighted by Crippen LogP contribution is -2.15. The number of methoxy groups -OCH3 is 1. The van der Waals surface area contributed by atoms with Crippen molar-refractivity contribution in [3.05, 3.63) is 29.3 Å². The van der Waals surface area contributed by atoms with Crippen molar-refractivity contribution in [3.63, 3.8) is 0 Å². The van der Waals surface area contributed by atoms with Crippen LogP contribution in [0.5, 0.6) is 11.5 Å². The molecule has 2 aromatic rings. The maximum absolute atomic E-state index is 5.42. The zero-order valence-corrected chi connectivity index (χ0v) is 14.2. The van der Waals surface area contributed by atoms with Crippen LogP contribution in [0.1, 0.15) is 25.0 Å². The van der Waals surface area contributed by atoms with Crippen LogP contribution in [0, 0.1) is 0 Å². The van der Waals surface area contributed by atoms with E-state index in [0.717, 1.165) is 53.9 Å². The summed E-state index contributed by atoms with van der Waals surface area (Å²) in [5.74, 6) is 1.61. The molecule has 23 heavy (non-hydrogen) atoms. The summed E-state index contributed by atoms with van der Waals surface area (Å²) in [5, 5.41) is 6.57. The van der Waals surface area contributed by atoms with E-state index in [4.69, 9.17) is 19.2 Å². The summed E-state index contributed by atoms with van der Waals surface area (Å²) >= 11 is 1.66. The Bertz CT molecular complexity index is 630. The molecule has 2 heterocycles. The molecule has 0 radical (unpaired) electrons. The van der Waals surface area contributed by atoms with Gasteiger partial charge in [-0.1, -0.05) is 0 Å². The topological polar surface area (TPSA) is 52.6 Å². The number of rotatable bonds is 9. The van der Waals surface area contributed by atoms with Crippen LogP contribution >= 0.6 is 11.3 Å². The minimum atomic E-state index is 0.302. The zero-order chi connectivity index (χ0) is 15.9. The van der Waals surface area contributed by atoms with Crippen LogP contribution in [0.2, 0.25) is 0 Å². The van der Waals surface area contributed by atoms with Gasteiger partial charge in [0.05, 0.1) is 5.69 Å². The number of aromatic nitrogens is 1. The minimum Gasteiger partial charge on any atom is -0.454 e. The molecule has 0 spiro atoms. The van der Waals surface area contributed by atoms with Gasteiger partial charge < -0.3 is 19.5 Å². The van der Waals surface area contributed by atoms with Crippen molar-refractivity contribution in [2.24, 2.45) is 0 Å². The lowest BCUT2D eigenvalue weighted by molar-refractivity contribution is 0.174. The molecule has 0 unspecified atom stereocenters. The van der Waals surface area contributed by atoms with Gasteiger partial charge in [-0.2, -0.15) is 0 Å². The fourth-order valence-corrected chi connectivity index (χ4v) is 3.26. The van der Waals surface area contributed by atoms with Crippen molar-refractivity contribution in [1.82, 2.24) is 10.3 Å². The van der Waals surface area contributed by atoms with E-state index < -0.39 is 0 Å². The first-order chi connectivity index (χ1) is 11.4. The van der Waals surface area contributed by atoms with Crippen molar-refractivity contribution in [1.29, 1.82) is 0 Å². The number of fused-ring (bicyclic) bond motifs is 1.